The number of halogens is 1. The Kier molecular flexibility index (Phi) is 4.11. The van der Waals surface area contributed by atoms with Crippen molar-refractivity contribution in [2.24, 2.45) is 0 Å². The molecule has 4 aromatic rings. The SMILES string of the molecule is CC(C)(C)OC(=O)COc1cc2c(=O)ccn3c4cc(Br)ccc4c(c1)c23. The van der Waals surface area contributed by atoms with Crippen molar-refractivity contribution in [2.75, 3.05) is 6.61 Å². The average Bonchev–Trinajstić information content (AvgIpc) is 2.88. The molecule has 0 aliphatic rings. The Balaban J connectivity index is 1.82. The van der Waals surface area contributed by atoms with E-state index >= 15 is 0 Å². The Morgan fingerprint density at radius 3 is 2.56 bits per heavy atom. The largest absolute Gasteiger partial charge is 0.482 e. The molecule has 2 aromatic heterocycles. The number of aromatic nitrogens is 1. The number of fused-ring (bicyclic) bond motifs is 3. The van der Waals surface area contributed by atoms with Crippen LogP contribution in [0.1, 0.15) is 20.8 Å². The highest BCUT2D eigenvalue weighted by Gasteiger charge is 2.18. The summed E-state index contributed by atoms with van der Waals surface area (Å²) in [5, 5.41) is 2.48. The molecule has 0 saturated heterocycles. The van der Waals surface area contributed by atoms with Crippen molar-refractivity contribution in [1.29, 1.82) is 0 Å². The van der Waals surface area contributed by atoms with Gasteiger partial charge in [0.1, 0.15) is 11.4 Å². The van der Waals surface area contributed by atoms with E-state index in [0.29, 0.717) is 11.1 Å². The average molecular weight is 428 g/mol. The van der Waals surface area contributed by atoms with Gasteiger partial charge in [-0.2, -0.15) is 0 Å². The Morgan fingerprint density at radius 1 is 1.07 bits per heavy atom. The van der Waals surface area contributed by atoms with Gasteiger partial charge in [0.2, 0.25) is 0 Å². The minimum atomic E-state index is -0.571. The van der Waals surface area contributed by atoms with Gasteiger partial charge in [-0.05, 0) is 45.0 Å². The number of carbonyl (C=O) groups is 1. The van der Waals surface area contributed by atoms with Gasteiger partial charge in [0, 0.05) is 27.5 Å². The summed E-state index contributed by atoms with van der Waals surface area (Å²) in [5.74, 6) is 0.0165. The van der Waals surface area contributed by atoms with Gasteiger partial charge in [-0.15, -0.1) is 0 Å². The second-order valence-electron chi connectivity index (χ2n) is 7.45. The molecule has 27 heavy (non-hydrogen) atoms. The second kappa shape index (κ2) is 6.23. The predicted molar refractivity (Wildman–Crippen MR) is 109 cm³/mol. The number of rotatable bonds is 3. The number of ether oxygens (including phenoxy) is 2. The molecule has 0 atom stereocenters. The molecule has 0 fully saturated rings. The van der Waals surface area contributed by atoms with E-state index in [1.54, 1.807) is 39.1 Å². The van der Waals surface area contributed by atoms with Crippen molar-refractivity contribution >= 4 is 49.1 Å². The molecule has 2 heterocycles. The summed E-state index contributed by atoms with van der Waals surface area (Å²) < 4.78 is 13.9. The van der Waals surface area contributed by atoms with Crippen molar-refractivity contribution in [1.82, 2.24) is 4.40 Å². The molecule has 0 aliphatic carbocycles. The molecule has 0 radical (unpaired) electrons. The fraction of sp³-hybridized carbons (Fsp3) is 0.238. The lowest BCUT2D eigenvalue weighted by Crippen LogP contribution is -2.27. The molecule has 2 aromatic carbocycles. The molecule has 0 aliphatic heterocycles. The quantitative estimate of drug-likeness (QED) is 0.450. The molecule has 5 nitrogen and oxygen atoms in total. The Labute approximate surface area is 164 Å². The van der Waals surface area contributed by atoms with Crippen molar-refractivity contribution in [3.8, 4) is 5.75 Å². The molecule has 0 bridgehead atoms. The van der Waals surface area contributed by atoms with Gasteiger partial charge >= 0.3 is 5.97 Å². The Bertz CT molecular complexity index is 1240. The minimum Gasteiger partial charge on any atom is -0.482 e. The Hall–Kier alpha value is -2.60. The lowest BCUT2D eigenvalue weighted by molar-refractivity contribution is -0.157. The lowest BCUT2D eigenvalue weighted by atomic mass is 10.1. The van der Waals surface area contributed by atoms with Crippen LogP contribution in [0, 0.1) is 0 Å². The van der Waals surface area contributed by atoms with E-state index in [2.05, 4.69) is 15.9 Å². The maximum Gasteiger partial charge on any atom is 0.344 e. The summed E-state index contributed by atoms with van der Waals surface area (Å²) in [6.07, 6.45) is 1.79. The number of hydrogen-bond donors (Lipinski definition) is 0. The minimum absolute atomic E-state index is 0.0860. The first-order valence-electron chi connectivity index (χ1n) is 8.57. The molecule has 0 unspecified atom stereocenters. The lowest BCUT2D eigenvalue weighted by Gasteiger charge is -2.19. The zero-order chi connectivity index (χ0) is 19.3. The van der Waals surface area contributed by atoms with E-state index < -0.39 is 11.6 Å². The first kappa shape index (κ1) is 17.8. The van der Waals surface area contributed by atoms with Crippen molar-refractivity contribution in [3.05, 3.63) is 57.3 Å². The first-order chi connectivity index (χ1) is 12.7. The topological polar surface area (TPSA) is 57.0 Å². The standard InChI is InChI=1S/C21H18BrNO4/c1-21(2,3)27-19(25)11-26-13-9-15-14-5-4-12(22)8-17(14)23-7-6-18(24)16(10-13)20(15)23/h4-10H,11H2,1-3H3. The fourth-order valence-electron chi connectivity index (χ4n) is 3.30. The molecule has 6 heteroatoms. The van der Waals surface area contributed by atoms with Crippen LogP contribution in [0.25, 0.3) is 27.2 Å². The number of pyridine rings is 1. The van der Waals surface area contributed by atoms with Crippen LogP contribution in [0.3, 0.4) is 0 Å². The summed E-state index contributed by atoms with van der Waals surface area (Å²) in [7, 11) is 0. The molecular formula is C21H18BrNO4. The van der Waals surface area contributed by atoms with Crippen molar-refractivity contribution < 1.29 is 14.3 Å². The van der Waals surface area contributed by atoms with Crippen LogP contribution in [0.15, 0.2) is 51.9 Å². The number of nitrogens with zero attached hydrogens (tertiary/aromatic N) is 1. The van der Waals surface area contributed by atoms with Crippen molar-refractivity contribution in [3.63, 3.8) is 0 Å². The summed E-state index contributed by atoms with van der Waals surface area (Å²) in [4.78, 5) is 24.4. The monoisotopic (exact) mass is 427 g/mol. The van der Waals surface area contributed by atoms with Gasteiger partial charge < -0.3 is 13.9 Å². The van der Waals surface area contributed by atoms with E-state index in [0.717, 1.165) is 26.3 Å². The highest BCUT2D eigenvalue weighted by Crippen LogP contribution is 2.35. The summed E-state index contributed by atoms with van der Waals surface area (Å²) >= 11 is 3.50. The third-order valence-corrected chi connectivity index (χ3v) is 4.74. The molecular weight excluding hydrogens is 410 g/mol. The van der Waals surface area contributed by atoms with Crippen LogP contribution in [-0.4, -0.2) is 22.6 Å². The van der Waals surface area contributed by atoms with Crippen LogP contribution in [0.2, 0.25) is 0 Å². The highest BCUT2D eigenvalue weighted by atomic mass is 79.9. The van der Waals surface area contributed by atoms with Gasteiger partial charge in [-0.3, -0.25) is 4.79 Å². The van der Waals surface area contributed by atoms with Crippen LogP contribution < -0.4 is 10.2 Å². The van der Waals surface area contributed by atoms with Gasteiger partial charge in [0.25, 0.3) is 0 Å². The number of carbonyl (C=O) groups excluding carboxylic acids is 1. The molecule has 0 amide bonds. The van der Waals surface area contributed by atoms with E-state index in [-0.39, 0.29) is 12.0 Å². The third kappa shape index (κ3) is 3.25. The summed E-state index contributed by atoms with van der Waals surface area (Å²) in [5.41, 5.74) is 1.18. The molecule has 0 N–H and O–H groups in total. The van der Waals surface area contributed by atoms with E-state index in [4.69, 9.17) is 9.47 Å². The summed E-state index contributed by atoms with van der Waals surface area (Å²) in [6, 6.07) is 11.1. The zero-order valence-corrected chi connectivity index (χ0v) is 16.8. The van der Waals surface area contributed by atoms with Gasteiger partial charge in [-0.1, -0.05) is 22.0 Å². The number of hydrogen-bond acceptors (Lipinski definition) is 4. The zero-order valence-electron chi connectivity index (χ0n) is 15.2. The number of benzene rings is 2. The smallest absolute Gasteiger partial charge is 0.344 e. The second-order valence-corrected chi connectivity index (χ2v) is 8.37. The molecule has 138 valence electrons. The normalized spacial score (nSPS) is 12.1. The van der Waals surface area contributed by atoms with Crippen LogP contribution in [-0.2, 0) is 9.53 Å². The molecule has 4 rings (SSSR count). The predicted octanol–water partition coefficient (Wildman–Crippen LogP) is 4.53. The van der Waals surface area contributed by atoms with Crippen molar-refractivity contribution in [2.45, 2.75) is 26.4 Å². The highest BCUT2D eigenvalue weighted by molar-refractivity contribution is 9.10. The van der Waals surface area contributed by atoms with E-state index in [1.165, 1.54) is 0 Å². The van der Waals surface area contributed by atoms with Crippen LogP contribution >= 0.6 is 15.9 Å². The number of esters is 1. The van der Waals surface area contributed by atoms with E-state index in [9.17, 15) is 9.59 Å². The third-order valence-electron chi connectivity index (χ3n) is 4.25. The molecule has 0 spiro atoms. The first-order valence-corrected chi connectivity index (χ1v) is 9.36. The maximum atomic E-state index is 12.4. The van der Waals surface area contributed by atoms with Gasteiger partial charge in [-0.25, -0.2) is 4.79 Å². The maximum absolute atomic E-state index is 12.4. The van der Waals surface area contributed by atoms with Crippen LogP contribution in [0.4, 0.5) is 0 Å². The van der Waals surface area contributed by atoms with Gasteiger partial charge in [0.05, 0.1) is 16.4 Å². The molecule has 0 saturated carbocycles. The van der Waals surface area contributed by atoms with Crippen LogP contribution in [0.5, 0.6) is 5.75 Å². The summed E-state index contributed by atoms with van der Waals surface area (Å²) in [6.45, 7) is 5.20. The Morgan fingerprint density at radius 2 is 1.81 bits per heavy atom. The van der Waals surface area contributed by atoms with E-state index in [1.807, 2.05) is 28.7 Å². The fourth-order valence-corrected chi connectivity index (χ4v) is 3.65. The van der Waals surface area contributed by atoms with Gasteiger partial charge in [0.15, 0.2) is 12.0 Å².